The van der Waals surface area contributed by atoms with Gasteiger partial charge in [0.05, 0.1) is 17.8 Å². The van der Waals surface area contributed by atoms with Gasteiger partial charge in [0.25, 0.3) is 0 Å². The fourth-order valence-corrected chi connectivity index (χ4v) is 12.4. The molecular formula is C47H58F3N3O5. The van der Waals surface area contributed by atoms with Crippen molar-refractivity contribution >= 4 is 17.6 Å². The third-order valence-corrected chi connectivity index (χ3v) is 15.4. The van der Waals surface area contributed by atoms with Gasteiger partial charge in [-0.25, -0.2) is 0 Å². The monoisotopic (exact) mass is 801 g/mol. The van der Waals surface area contributed by atoms with Crippen molar-refractivity contribution in [1.82, 2.24) is 15.5 Å². The number of halogens is 3. The van der Waals surface area contributed by atoms with Crippen molar-refractivity contribution < 1.29 is 37.4 Å². The number of rotatable bonds is 9. The van der Waals surface area contributed by atoms with Crippen LogP contribution in [0.5, 0.6) is 0 Å². The summed E-state index contributed by atoms with van der Waals surface area (Å²) in [6.07, 6.45) is 4.91. The maximum atomic E-state index is 13.6. The van der Waals surface area contributed by atoms with Gasteiger partial charge < -0.3 is 20.5 Å². The second-order valence-corrected chi connectivity index (χ2v) is 18.6. The number of aliphatic hydroxyl groups excluding tert-OH is 1. The van der Waals surface area contributed by atoms with Gasteiger partial charge in [-0.05, 0) is 98.5 Å². The molecule has 2 amide bonds. The lowest BCUT2D eigenvalue weighted by molar-refractivity contribution is -0.174. The second-order valence-electron chi connectivity index (χ2n) is 18.6. The number of ether oxygens (including phenoxy) is 1. The zero-order valence-corrected chi connectivity index (χ0v) is 34.1. The summed E-state index contributed by atoms with van der Waals surface area (Å²) >= 11 is 0. The number of allylic oxidation sites excluding steroid dienone is 2. The number of carbonyl (C=O) groups is 3. The number of alkyl halides is 3. The summed E-state index contributed by atoms with van der Waals surface area (Å²) in [6.45, 7) is 10.8. The Balaban J connectivity index is 0.944. The van der Waals surface area contributed by atoms with Crippen molar-refractivity contribution in [2.75, 3.05) is 19.6 Å². The van der Waals surface area contributed by atoms with Gasteiger partial charge in [-0.2, -0.15) is 13.2 Å². The van der Waals surface area contributed by atoms with Crippen LogP contribution in [0.25, 0.3) is 0 Å². The highest BCUT2D eigenvalue weighted by molar-refractivity contribution is 6.09. The van der Waals surface area contributed by atoms with E-state index in [0.717, 1.165) is 57.9 Å². The number of hydrogen-bond donors (Lipinski definition) is 3. The molecule has 2 aromatic carbocycles. The number of aliphatic hydroxyl groups is 1. The summed E-state index contributed by atoms with van der Waals surface area (Å²) in [5, 5.41) is 15.2. The Bertz CT molecular complexity index is 1960. The smallest absolute Gasteiger partial charge is 0.393 e. The molecule has 2 saturated heterocycles. The molecule has 0 aromatic heterocycles. The van der Waals surface area contributed by atoms with Crippen molar-refractivity contribution in [3.63, 3.8) is 0 Å². The number of nitrogens with zero attached hydrogens (tertiary/aromatic N) is 1. The topological polar surface area (TPSA) is 108 Å². The molecule has 3 N–H and O–H groups in total. The molecule has 4 aliphatic carbocycles. The molecule has 2 aliphatic heterocycles. The highest BCUT2D eigenvalue weighted by Gasteiger charge is 2.61. The Kier molecular flexibility index (Phi) is 11.1. The number of piperidine rings is 1. The first-order valence-electron chi connectivity index (χ1n) is 21.4. The average molecular weight is 802 g/mol. The summed E-state index contributed by atoms with van der Waals surface area (Å²) in [6, 6.07) is 13.8. The molecule has 2 heterocycles. The van der Waals surface area contributed by atoms with E-state index < -0.39 is 24.0 Å². The number of amides is 2. The summed E-state index contributed by atoms with van der Waals surface area (Å²) in [5.41, 5.74) is 5.70. The zero-order valence-electron chi connectivity index (χ0n) is 34.1. The molecular weight excluding hydrogens is 744 g/mol. The van der Waals surface area contributed by atoms with Crippen LogP contribution in [0, 0.1) is 35.0 Å². The van der Waals surface area contributed by atoms with Gasteiger partial charge >= 0.3 is 12.1 Å². The molecule has 4 fully saturated rings. The Morgan fingerprint density at radius 1 is 1.00 bits per heavy atom. The number of benzene rings is 2. The van der Waals surface area contributed by atoms with Crippen molar-refractivity contribution in [3.05, 3.63) is 94.1 Å². The molecule has 2 aromatic rings. The SMILES string of the molecule is CC1=C2C[C@H]3[C@@H](CC=C4C[C@@H](O)CC[C@@]43C)[C@@H]2CC[C@]12O[C@@H]1C[C@H](C)CN(CCNC(=O)[C@H](Cc3ccc(C(=O)c4ccccc4)cc3)NC(=O)C(F)(F)F)[C@H]1C2C. The van der Waals surface area contributed by atoms with Crippen LogP contribution in [0.4, 0.5) is 13.2 Å². The van der Waals surface area contributed by atoms with Crippen LogP contribution in [0.1, 0.15) is 101 Å². The van der Waals surface area contributed by atoms with E-state index in [1.807, 2.05) is 11.4 Å². The van der Waals surface area contributed by atoms with Crippen LogP contribution in [-0.4, -0.2) is 83.3 Å². The molecule has 58 heavy (non-hydrogen) atoms. The van der Waals surface area contributed by atoms with Gasteiger partial charge in [0.1, 0.15) is 6.04 Å². The van der Waals surface area contributed by atoms with Gasteiger partial charge in [0.15, 0.2) is 5.78 Å². The predicted molar refractivity (Wildman–Crippen MR) is 215 cm³/mol. The van der Waals surface area contributed by atoms with Gasteiger partial charge in [0, 0.05) is 49.1 Å². The van der Waals surface area contributed by atoms with Crippen molar-refractivity contribution in [3.8, 4) is 0 Å². The molecule has 1 spiro atoms. The molecule has 0 bridgehead atoms. The number of fused-ring (bicyclic) bond motifs is 6. The molecule has 11 heteroatoms. The van der Waals surface area contributed by atoms with Gasteiger partial charge in [-0.3, -0.25) is 19.3 Å². The molecule has 6 aliphatic rings. The van der Waals surface area contributed by atoms with Crippen LogP contribution in [-0.2, 0) is 20.7 Å². The van der Waals surface area contributed by atoms with E-state index in [9.17, 15) is 32.7 Å². The highest BCUT2D eigenvalue weighted by atomic mass is 19.4. The standard InChI is InChI=1S/C47H58F3N3O5/c1-27-22-40-41(29(3)46(58-40)19-17-35-36-15-14-33-24-34(54)16-18-45(33,4)38(36)25-37(35)28(46)2)53(26-27)21-20-51-43(56)39(52-44(57)47(48,49)50)23-30-10-12-32(13-11-30)42(55)31-8-6-5-7-9-31/h5-14,27,29,34-36,38-41,54H,15-26H2,1-4H3,(H,51,56)(H,52,57)/t27-,29?,34-,35-,36-,38-,39-,40+,41-,45-,46-/m0/s1. The number of likely N-dealkylation sites (tertiary alicyclic amines) is 1. The largest absolute Gasteiger partial charge is 0.471 e. The lowest BCUT2D eigenvalue weighted by Gasteiger charge is -2.49. The first kappa shape index (κ1) is 41.0. The predicted octanol–water partition coefficient (Wildman–Crippen LogP) is 7.35. The maximum absolute atomic E-state index is 13.6. The van der Waals surface area contributed by atoms with E-state index in [2.05, 4.69) is 44.0 Å². The fourth-order valence-electron chi connectivity index (χ4n) is 12.4. The average Bonchev–Trinajstić information content (AvgIpc) is 3.72. The number of carbonyl (C=O) groups excluding carboxylic acids is 3. The molecule has 312 valence electrons. The summed E-state index contributed by atoms with van der Waals surface area (Å²) in [7, 11) is 0. The van der Waals surface area contributed by atoms with Crippen LogP contribution in [0.2, 0.25) is 0 Å². The van der Waals surface area contributed by atoms with E-state index in [1.165, 1.54) is 11.1 Å². The molecule has 8 rings (SSSR count). The van der Waals surface area contributed by atoms with Crippen LogP contribution in [0.15, 0.2) is 77.4 Å². The van der Waals surface area contributed by atoms with Crippen molar-refractivity contribution in [2.24, 2.45) is 35.0 Å². The Morgan fingerprint density at radius 3 is 2.45 bits per heavy atom. The van der Waals surface area contributed by atoms with E-state index in [-0.39, 0.29) is 53.9 Å². The summed E-state index contributed by atoms with van der Waals surface area (Å²) in [5.74, 6) is -0.701. The number of nitrogens with one attached hydrogen (secondary N) is 2. The molecule has 1 unspecified atom stereocenters. The number of ketones is 1. The van der Waals surface area contributed by atoms with Gasteiger partial charge in [-0.15, -0.1) is 0 Å². The third-order valence-electron chi connectivity index (χ3n) is 15.4. The van der Waals surface area contributed by atoms with Gasteiger partial charge in [0.2, 0.25) is 5.91 Å². The minimum Gasteiger partial charge on any atom is -0.393 e. The van der Waals surface area contributed by atoms with Gasteiger partial charge in [-0.1, -0.05) is 92.6 Å². The zero-order chi connectivity index (χ0) is 41.1. The number of hydrogen-bond acceptors (Lipinski definition) is 6. The normalized spacial score (nSPS) is 35.0. The Morgan fingerprint density at radius 2 is 1.72 bits per heavy atom. The summed E-state index contributed by atoms with van der Waals surface area (Å²) < 4.78 is 47.5. The summed E-state index contributed by atoms with van der Waals surface area (Å²) in [4.78, 5) is 41.0. The minimum absolute atomic E-state index is 0.0337. The van der Waals surface area contributed by atoms with Crippen molar-refractivity contribution in [2.45, 2.75) is 122 Å². The van der Waals surface area contributed by atoms with Crippen LogP contribution in [0.3, 0.4) is 0 Å². The second kappa shape index (κ2) is 15.7. The maximum Gasteiger partial charge on any atom is 0.471 e. The van der Waals surface area contributed by atoms with E-state index in [1.54, 1.807) is 54.1 Å². The molecule has 11 atom stereocenters. The minimum atomic E-state index is -5.15. The molecule has 2 saturated carbocycles. The Labute approximate surface area is 340 Å². The van der Waals surface area contributed by atoms with Crippen LogP contribution >= 0.6 is 0 Å². The molecule has 0 radical (unpaired) electrons. The first-order chi connectivity index (χ1) is 27.6. The van der Waals surface area contributed by atoms with E-state index in [0.29, 0.717) is 46.9 Å². The van der Waals surface area contributed by atoms with E-state index in [4.69, 9.17) is 4.74 Å². The quantitative estimate of drug-likeness (QED) is 0.181. The lowest BCUT2D eigenvalue weighted by Crippen LogP contribution is -2.55. The fraction of sp³-hybridized carbons (Fsp3) is 0.596. The first-order valence-corrected chi connectivity index (χ1v) is 21.4. The van der Waals surface area contributed by atoms with Crippen molar-refractivity contribution in [1.29, 1.82) is 0 Å². The molecule has 8 nitrogen and oxygen atoms in total. The third kappa shape index (κ3) is 7.38. The Hall–Kier alpha value is -3.80. The van der Waals surface area contributed by atoms with E-state index >= 15 is 0 Å². The lowest BCUT2D eigenvalue weighted by atomic mass is 9.56. The highest BCUT2D eigenvalue weighted by Crippen LogP contribution is 2.65. The van der Waals surface area contributed by atoms with Crippen LogP contribution < -0.4 is 10.6 Å².